The van der Waals surface area contributed by atoms with Crippen molar-refractivity contribution in [1.82, 2.24) is 0 Å². The first-order valence-electron chi connectivity index (χ1n) is 7.41. The van der Waals surface area contributed by atoms with Gasteiger partial charge in [0.15, 0.2) is 0 Å². The van der Waals surface area contributed by atoms with Crippen molar-refractivity contribution >= 4 is 5.69 Å². The van der Waals surface area contributed by atoms with Gasteiger partial charge >= 0.3 is 0 Å². The topological polar surface area (TPSA) is 29.3 Å². The van der Waals surface area contributed by atoms with Gasteiger partial charge in [-0.05, 0) is 48.8 Å². The van der Waals surface area contributed by atoms with E-state index in [2.05, 4.69) is 56.9 Å². The molecule has 106 valence electrons. The summed E-state index contributed by atoms with van der Waals surface area (Å²) in [6.45, 7) is 11.3. The molecule has 0 amide bonds. The van der Waals surface area contributed by atoms with Crippen LogP contribution in [0, 0.1) is 18.3 Å². The van der Waals surface area contributed by atoms with Crippen LogP contribution in [0.3, 0.4) is 0 Å². The Balaban J connectivity index is 2.09. The van der Waals surface area contributed by atoms with Crippen LogP contribution in [0.5, 0.6) is 0 Å². The maximum atomic E-state index is 6.27. The lowest BCUT2D eigenvalue weighted by molar-refractivity contribution is 0.253. The first-order chi connectivity index (χ1) is 8.83. The van der Waals surface area contributed by atoms with Crippen LogP contribution in [0.4, 0.5) is 5.69 Å². The van der Waals surface area contributed by atoms with Gasteiger partial charge in [0.05, 0.1) is 0 Å². The van der Waals surface area contributed by atoms with Crippen LogP contribution in [0.25, 0.3) is 0 Å². The van der Waals surface area contributed by atoms with Crippen molar-refractivity contribution in [3.8, 4) is 0 Å². The lowest BCUT2D eigenvalue weighted by atomic mass is 9.80. The molecule has 19 heavy (non-hydrogen) atoms. The third-order valence-electron chi connectivity index (χ3n) is 3.84. The van der Waals surface area contributed by atoms with Gasteiger partial charge in [0.25, 0.3) is 0 Å². The fraction of sp³-hybridized carbons (Fsp3) is 0.647. The molecular weight excluding hydrogens is 232 g/mol. The molecule has 1 aromatic carbocycles. The molecule has 1 heterocycles. The summed E-state index contributed by atoms with van der Waals surface area (Å²) in [4.78, 5) is 2.47. The highest BCUT2D eigenvalue weighted by Crippen LogP contribution is 2.31. The normalized spacial score (nSPS) is 24.6. The van der Waals surface area contributed by atoms with Gasteiger partial charge in [0.1, 0.15) is 0 Å². The number of aryl methyl sites for hydroxylation is 1. The summed E-state index contributed by atoms with van der Waals surface area (Å²) < 4.78 is 0. The van der Waals surface area contributed by atoms with E-state index >= 15 is 0 Å². The predicted molar refractivity (Wildman–Crippen MR) is 83.5 cm³/mol. The summed E-state index contributed by atoms with van der Waals surface area (Å²) in [5, 5.41) is 0. The van der Waals surface area contributed by atoms with E-state index < -0.39 is 0 Å². The molecule has 1 aliphatic rings. The number of nitrogens with two attached hydrogens (primary N) is 1. The number of anilines is 1. The van der Waals surface area contributed by atoms with Crippen molar-refractivity contribution in [2.75, 3.05) is 18.0 Å². The molecule has 0 aliphatic carbocycles. The molecule has 2 rings (SSSR count). The van der Waals surface area contributed by atoms with Gasteiger partial charge in [-0.15, -0.1) is 0 Å². The Bertz CT molecular complexity index is 420. The number of rotatable bonds is 2. The quantitative estimate of drug-likeness (QED) is 0.880. The minimum Gasteiger partial charge on any atom is -0.370 e. The number of benzene rings is 1. The first-order valence-corrected chi connectivity index (χ1v) is 7.41. The van der Waals surface area contributed by atoms with E-state index in [4.69, 9.17) is 5.73 Å². The van der Waals surface area contributed by atoms with Crippen molar-refractivity contribution < 1.29 is 0 Å². The Morgan fingerprint density at radius 2 is 2.00 bits per heavy atom. The van der Waals surface area contributed by atoms with E-state index in [9.17, 15) is 0 Å². The lowest BCUT2D eigenvalue weighted by Crippen LogP contribution is -2.47. The van der Waals surface area contributed by atoms with Gasteiger partial charge in [-0.1, -0.05) is 32.9 Å². The molecule has 0 saturated carbocycles. The van der Waals surface area contributed by atoms with E-state index in [1.54, 1.807) is 0 Å². The zero-order chi connectivity index (χ0) is 14.0. The second-order valence-corrected chi connectivity index (χ2v) is 7.37. The van der Waals surface area contributed by atoms with Crippen molar-refractivity contribution in [3.05, 3.63) is 29.8 Å². The fourth-order valence-electron chi connectivity index (χ4n) is 3.30. The Labute approximate surface area is 118 Å². The summed E-state index contributed by atoms with van der Waals surface area (Å²) in [5.41, 5.74) is 9.31. The minimum atomic E-state index is 0.307. The van der Waals surface area contributed by atoms with Crippen molar-refractivity contribution in [1.29, 1.82) is 0 Å². The smallest absolute Gasteiger partial charge is 0.0369 e. The average molecular weight is 260 g/mol. The van der Waals surface area contributed by atoms with Crippen LogP contribution >= 0.6 is 0 Å². The summed E-state index contributed by atoms with van der Waals surface area (Å²) in [5.74, 6) is 0.712. The minimum absolute atomic E-state index is 0.307. The Morgan fingerprint density at radius 3 is 2.63 bits per heavy atom. The standard InChI is InChI=1S/C17H28N2/c1-13-6-5-7-16(8-13)19-11-14(9-15(18)12-19)10-17(2,3)4/h5-8,14-15H,9-12,18H2,1-4H3. The second kappa shape index (κ2) is 5.54. The van der Waals surface area contributed by atoms with Crippen molar-refractivity contribution in [3.63, 3.8) is 0 Å². The van der Waals surface area contributed by atoms with Gasteiger partial charge in [0, 0.05) is 24.8 Å². The van der Waals surface area contributed by atoms with Crippen LogP contribution < -0.4 is 10.6 Å². The zero-order valence-electron chi connectivity index (χ0n) is 12.8. The third kappa shape index (κ3) is 4.24. The molecule has 0 radical (unpaired) electrons. The van der Waals surface area contributed by atoms with E-state index in [-0.39, 0.29) is 0 Å². The van der Waals surface area contributed by atoms with Crippen LogP contribution in [0.2, 0.25) is 0 Å². The van der Waals surface area contributed by atoms with Crippen molar-refractivity contribution in [2.24, 2.45) is 17.1 Å². The van der Waals surface area contributed by atoms with E-state index in [1.807, 2.05) is 0 Å². The molecule has 2 atom stereocenters. The molecule has 0 bridgehead atoms. The summed E-state index contributed by atoms with van der Waals surface area (Å²) >= 11 is 0. The summed E-state index contributed by atoms with van der Waals surface area (Å²) in [6.07, 6.45) is 2.42. The average Bonchev–Trinajstić information content (AvgIpc) is 2.25. The predicted octanol–water partition coefficient (Wildman–Crippen LogP) is 3.58. The largest absolute Gasteiger partial charge is 0.370 e. The van der Waals surface area contributed by atoms with E-state index in [1.165, 1.54) is 24.1 Å². The van der Waals surface area contributed by atoms with E-state index in [0.717, 1.165) is 13.1 Å². The highest BCUT2D eigenvalue weighted by atomic mass is 15.2. The van der Waals surface area contributed by atoms with Crippen molar-refractivity contribution in [2.45, 2.75) is 46.6 Å². The first kappa shape index (κ1) is 14.4. The molecular formula is C17H28N2. The molecule has 1 aromatic rings. The molecule has 1 saturated heterocycles. The molecule has 1 fully saturated rings. The van der Waals surface area contributed by atoms with Crippen LogP contribution in [-0.2, 0) is 0 Å². The Morgan fingerprint density at radius 1 is 1.26 bits per heavy atom. The van der Waals surface area contributed by atoms with E-state index in [0.29, 0.717) is 17.4 Å². The molecule has 2 N–H and O–H groups in total. The van der Waals surface area contributed by atoms with Crippen LogP contribution in [-0.4, -0.2) is 19.1 Å². The Kier molecular flexibility index (Phi) is 4.19. The van der Waals surface area contributed by atoms with Gasteiger partial charge in [-0.3, -0.25) is 0 Å². The second-order valence-electron chi connectivity index (χ2n) is 7.37. The maximum absolute atomic E-state index is 6.27. The number of nitrogens with zero attached hydrogens (tertiary/aromatic N) is 1. The molecule has 0 aromatic heterocycles. The molecule has 2 nitrogen and oxygen atoms in total. The van der Waals surface area contributed by atoms with Gasteiger partial charge in [-0.2, -0.15) is 0 Å². The van der Waals surface area contributed by atoms with Gasteiger partial charge in [-0.25, -0.2) is 0 Å². The Hall–Kier alpha value is -1.02. The monoisotopic (exact) mass is 260 g/mol. The number of hydrogen-bond donors (Lipinski definition) is 1. The van der Waals surface area contributed by atoms with Crippen LogP contribution in [0.15, 0.2) is 24.3 Å². The SMILES string of the molecule is Cc1cccc(N2CC(N)CC(CC(C)(C)C)C2)c1. The third-order valence-corrected chi connectivity index (χ3v) is 3.84. The van der Waals surface area contributed by atoms with Gasteiger partial charge < -0.3 is 10.6 Å². The number of piperidine rings is 1. The summed E-state index contributed by atoms with van der Waals surface area (Å²) in [6, 6.07) is 9.08. The zero-order valence-corrected chi connectivity index (χ0v) is 12.8. The number of hydrogen-bond acceptors (Lipinski definition) is 2. The molecule has 2 unspecified atom stereocenters. The molecule has 2 heteroatoms. The summed E-state index contributed by atoms with van der Waals surface area (Å²) in [7, 11) is 0. The highest BCUT2D eigenvalue weighted by Gasteiger charge is 2.28. The highest BCUT2D eigenvalue weighted by molar-refractivity contribution is 5.49. The van der Waals surface area contributed by atoms with Gasteiger partial charge in [0.2, 0.25) is 0 Å². The maximum Gasteiger partial charge on any atom is 0.0369 e. The molecule has 0 spiro atoms. The molecule has 1 aliphatic heterocycles. The fourth-order valence-corrected chi connectivity index (χ4v) is 3.30. The van der Waals surface area contributed by atoms with Crippen LogP contribution in [0.1, 0.15) is 39.2 Å². The lowest BCUT2D eigenvalue weighted by Gasteiger charge is -2.40.